The van der Waals surface area contributed by atoms with Crippen LogP contribution >= 0.6 is 15.9 Å². The minimum Gasteiger partial charge on any atom is -0.497 e. The van der Waals surface area contributed by atoms with Crippen LogP contribution in [0.1, 0.15) is 16.2 Å². The molecule has 27 heavy (non-hydrogen) atoms. The summed E-state index contributed by atoms with van der Waals surface area (Å²) in [7, 11) is 1.66. The third-order valence-corrected chi connectivity index (χ3v) is 5.57. The molecule has 1 aromatic heterocycles. The average molecular weight is 429 g/mol. The number of piperazine rings is 1. The molecule has 6 nitrogen and oxygen atoms in total. The van der Waals surface area contributed by atoms with Crippen LogP contribution < -0.4 is 4.74 Å². The molecule has 0 atom stereocenters. The summed E-state index contributed by atoms with van der Waals surface area (Å²) in [6, 6.07) is 13.4. The molecule has 0 aliphatic carbocycles. The first-order valence-electron chi connectivity index (χ1n) is 8.93. The van der Waals surface area contributed by atoms with Crippen LogP contribution in [0.3, 0.4) is 0 Å². The van der Waals surface area contributed by atoms with Crippen molar-refractivity contribution < 1.29 is 9.53 Å². The Labute approximate surface area is 166 Å². The maximum atomic E-state index is 12.7. The lowest BCUT2D eigenvalue weighted by Gasteiger charge is -2.34. The smallest absolute Gasteiger partial charge is 0.255 e. The predicted molar refractivity (Wildman–Crippen MR) is 108 cm³/mol. The van der Waals surface area contributed by atoms with Crippen molar-refractivity contribution in [2.75, 3.05) is 33.3 Å². The molecule has 0 radical (unpaired) electrons. The number of nitrogens with zero attached hydrogens (tertiary/aromatic N) is 3. The van der Waals surface area contributed by atoms with Crippen molar-refractivity contribution in [3.8, 4) is 5.75 Å². The Bertz CT molecular complexity index is 964. The van der Waals surface area contributed by atoms with E-state index in [0.29, 0.717) is 13.1 Å². The highest BCUT2D eigenvalue weighted by Crippen LogP contribution is 2.21. The molecule has 1 amide bonds. The first kappa shape index (κ1) is 18.0. The number of H-pyrrole nitrogens is 1. The Kier molecular flexibility index (Phi) is 5.13. The van der Waals surface area contributed by atoms with E-state index in [-0.39, 0.29) is 5.91 Å². The van der Waals surface area contributed by atoms with E-state index in [0.717, 1.165) is 52.3 Å². The van der Waals surface area contributed by atoms with Crippen LogP contribution in [0.4, 0.5) is 0 Å². The number of hydrogen-bond donors (Lipinski definition) is 1. The van der Waals surface area contributed by atoms with Gasteiger partial charge in [-0.05, 0) is 40.2 Å². The van der Waals surface area contributed by atoms with Crippen molar-refractivity contribution in [3.63, 3.8) is 0 Å². The summed E-state index contributed by atoms with van der Waals surface area (Å²) in [6.07, 6.45) is 0. The van der Waals surface area contributed by atoms with Crippen LogP contribution in [0.25, 0.3) is 11.0 Å². The summed E-state index contributed by atoms with van der Waals surface area (Å²) in [5, 5.41) is 0. The van der Waals surface area contributed by atoms with Gasteiger partial charge in [0.1, 0.15) is 11.6 Å². The minimum absolute atomic E-state index is 0.0814. The minimum atomic E-state index is 0.0814. The number of aromatic amines is 1. The number of nitrogens with one attached hydrogen (secondary N) is 1. The molecule has 0 spiro atoms. The highest BCUT2D eigenvalue weighted by atomic mass is 79.9. The molecule has 1 aliphatic rings. The third kappa shape index (κ3) is 3.84. The molecule has 4 rings (SSSR count). The fourth-order valence-electron chi connectivity index (χ4n) is 3.37. The molecule has 1 fully saturated rings. The van der Waals surface area contributed by atoms with Gasteiger partial charge in [-0.15, -0.1) is 0 Å². The number of amides is 1. The molecule has 0 bridgehead atoms. The Balaban J connectivity index is 1.38. The van der Waals surface area contributed by atoms with E-state index < -0.39 is 0 Å². The summed E-state index contributed by atoms with van der Waals surface area (Å²) in [5.41, 5.74) is 2.64. The highest BCUT2D eigenvalue weighted by molar-refractivity contribution is 9.10. The SMILES string of the molecule is COc1ccc2nc(CN3CCN(C(=O)c4ccccc4Br)CC3)[nH]c2c1. The number of carbonyl (C=O) groups is 1. The molecule has 1 aliphatic heterocycles. The standard InChI is InChI=1S/C20H21BrN4O2/c1-27-14-6-7-17-18(12-14)23-19(22-17)13-24-8-10-25(11-9-24)20(26)15-4-2-3-5-16(15)21/h2-7,12H,8-11,13H2,1H3,(H,22,23). The lowest BCUT2D eigenvalue weighted by atomic mass is 10.2. The number of hydrogen-bond acceptors (Lipinski definition) is 4. The molecule has 1 saturated heterocycles. The van der Waals surface area contributed by atoms with Crippen LogP contribution in [0.5, 0.6) is 5.75 Å². The zero-order valence-corrected chi connectivity index (χ0v) is 16.7. The Morgan fingerprint density at radius 3 is 2.70 bits per heavy atom. The largest absolute Gasteiger partial charge is 0.497 e. The van der Waals surface area contributed by atoms with Crippen molar-refractivity contribution in [2.24, 2.45) is 0 Å². The van der Waals surface area contributed by atoms with Crippen molar-refractivity contribution in [2.45, 2.75) is 6.54 Å². The van der Waals surface area contributed by atoms with Gasteiger partial charge < -0.3 is 14.6 Å². The number of fused-ring (bicyclic) bond motifs is 1. The van der Waals surface area contributed by atoms with E-state index in [1.165, 1.54) is 0 Å². The molecule has 3 aromatic rings. The lowest BCUT2D eigenvalue weighted by Crippen LogP contribution is -2.48. The second-order valence-corrected chi connectivity index (χ2v) is 7.47. The number of ether oxygens (including phenoxy) is 1. The number of carbonyl (C=O) groups excluding carboxylic acids is 1. The maximum Gasteiger partial charge on any atom is 0.255 e. The van der Waals surface area contributed by atoms with E-state index in [1.54, 1.807) is 7.11 Å². The number of methoxy groups -OCH3 is 1. The number of imidazole rings is 1. The van der Waals surface area contributed by atoms with Crippen molar-refractivity contribution in [3.05, 3.63) is 58.3 Å². The van der Waals surface area contributed by atoms with Gasteiger partial charge in [-0.2, -0.15) is 0 Å². The van der Waals surface area contributed by atoms with E-state index in [4.69, 9.17) is 4.74 Å². The van der Waals surface area contributed by atoms with Crippen LogP contribution in [0, 0.1) is 0 Å². The maximum absolute atomic E-state index is 12.7. The van der Waals surface area contributed by atoms with Gasteiger partial charge in [-0.3, -0.25) is 9.69 Å². The molecule has 0 saturated carbocycles. The predicted octanol–water partition coefficient (Wildman–Crippen LogP) is 3.29. The quantitative estimate of drug-likeness (QED) is 0.692. The normalized spacial score (nSPS) is 15.3. The van der Waals surface area contributed by atoms with E-state index in [9.17, 15) is 4.79 Å². The summed E-state index contributed by atoms with van der Waals surface area (Å²) in [5.74, 6) is 1.83. The molecule has 7 heteroatoms. The van der Waals surface area contributed by atoms with Gasteiger partial charge in [0.25, 0.3) is 5.91 Å². The first-order valence-corrected chi connectivity index (χ1v) is 9.72. The van der Waals surface area contributed by atoms with Gasteiger partial charge in [-0.25, -0.2) is 4.98 Å². The van der Waals surface area contributed by atoms with Crippen LogP contribution in [-0.4, -0.2) is 59.0 Å². The fraction of sp³-hybridized carbons (Fsp3) is 0.300. The third-order valence-electron chi connectivity index (χ3n) is 4.88. The Morgan fingerprint density at radius 2 is 1.96 bits per heavy atom. The summed E-state index contributed by atoms with van der Waals surface area (Å²) in [4.78, 5) is 25.0. The van der Waals surface area contributed by atoms with Gasteiger partial charge in [0, 0.05) is 36.7 Å². The van der Waals surface area contributed by atoms with Crippen LogP contribution in [0.15, 0.2) is 46.9 Å². The lowest BCUT2D eigenvalue weighted by molar-refractivity contribution is 0.0625. The number of benzene rings is 2. The second kappa shape index (κ2) is 7.70. The van der Waals surface area contributed by atoms with Crippen molar-refractivity contribution in [1.82, 2.24) is 19.8 Å². The zero-order valence-electron chi connectivity index (χ0n) is 15.1. The van der Waals surface area contributed by atoms with Gasteiger partial charge in [-0.1, -0.05) is 12.1 Å². The molecular weight excluding hydrogens is 408 g/mol. The molecular formula is C20H21BrN4O2. The monoisotopic (exact) mass is 428 g/mol. The first-order chi connectivity index (χ1) is 13.1. The van der Waals surface area contributed by atoms with Crippen molar-refractivity contribution >= 4 is 32.9 Å². The van der Waals surface area contributed by atoms with Gasteiger partial charge in [0.2, 0.25) is 0 Å². The van der Waals surface area contributed by atoms with Gasteiger partial charge in [0.05, 0.1) is 30.3 Å². The Hall–Kier alpha value is -2.38. The van der Waals surface area contributed by atoms with Crippen LogP contribution in [0.2, 0.25) is 0 Å². The molecule has 2 aromatic carbocycles. The molecule has 1 N–H and O–H groups in total. The number of aromatic nitrogens is 2. The summed E-state index contributed by atoms with van der Waals surface area (Å²) in [6.45, 7) is 3.84. The zero-order chi connectivity index (χ0) is 18.8. The molecule has 0 unspecified atom stereocenters. The van der Waals surface area contributed by atoms with Gasteiger partial charge >= 0.3 is 0 Å². The van der Waals surface area contributed by atoms with E-state index in [2.05, 4.69) is 30.8 Å². The van der Waals surface area contributed by atoms with Crippen LogP contribution in [-0.2, 0) is 6.54 Å². The topological polar surface area (TPSA) is 61.5 Å². The van der Waals surface area contributed by atoms with E-state index in [1.807, 2.05) is 47.4 Å². The molecule has 140 valence electrons. The summed E-state index contributed by atoms with van der Waals surface area (Å²) >= 11 is 3.47. The van der Waals surface area contributed by atoms with E-state index >= 15 is 0 Å². The fourth-order valence-corrected chi connectivity index (χ4v) is 3.82. The number of rotatable bonds is 4. The highest BCUT2D eigenvalue weighted by Gasteiger charge is 2.23. The Morgan fingerprint density at radius 1 is 1.19 bits per heavy atom. The number of halogens is 1. The van der Waals surface area contributed by atoms with Gasteiger partial charge in [0.15, 0.2) is 0 Å². The second-order valence-electron chi connectivity index (χ2n) is 6.61. The average Bonchev–Trinajstić information content (AvgIpc) is 3.09. The molecule has 2 heterocycles. The van der Waals surface area contributed by atoms with Crippen molar-refractivity contribution in [1.29, 1.82) is 0 Å². The summed E-state index contributed by atoms with van der Waals surface area (Å²) < 4.78 is 6.10.